The molecule has 2 aromatic rings. The molecule has 0 amide bonds. The third kappa shape index (κ3) is 1.99. The number of hydrogen-bond donors (Lipinski definition) is 0. The number of fused-ring (bicyclic) bond motifs is 1. The van der Waals surface area contributed by atoms with Crippen LogP contribution in [0, 0.1) is 0 Å². The normalized spacial score (nSPS) is 23.5. The van der Waals surface area contributed by atoms with Crippen LogP contribution in [0.4, 0.5) is 0 Å². The maximum Gasteiger partial charge on any atom is 0.180 e. The fourth-order valence-electron chi connectivity index (χ4n) is 4.87. The highest BCUT2D eigenvalue weighted by atomic mass is 15.2. The van der Waals surface area contributed by atoms with Crippen LogP contribution < -0.4 is 0 Å². The van der Waals surface area contributed by atoms with Crippen molar-refractivity contribution < 1.29 is 0 Å². The Bertz CT molecular complexity index is 589. The van der Waals surface area contributed by atoms with Crippen LogP contribution in [0.25, 0.3) is 0 Å². The molecule has 2 aliphatic rings. The Balaban J connectivity index is 1.90. The first-order valence-corrected chi connectivity index (χ1v) is 8.52. The van der Waals surface area contributed by atoms with Crippen LogP contribution in [0.1, 0.15) is 24.0 Å². The van der Waals surface area contributed by atoms with E-state index in [9.17, 15) is 0 Å². The summed E-state index contributed by atoms with van der Waals surface area (Å²) in [5.74, 6) is 0. The van der Waals surface area contributed by atoms with E-state index in [0.29, 0.717) is 12.8 Å². The molecule has 3 heteroatoms. The molecule has 0 bridgehead atoms. The topological polar surface area (TPSA) is 3.24 Å². The van der Waals surface area contributed by atoms with Gasteiger partial charge in [-0.25, -0.2) is 0 Å². The Kier molecular flexibility index (Phi) is 3.62. The van der Waals surface area contributed by atoms with Crippen LogP contribution in [0.5, 0.6) is 0 Å². The zero-order valence-electron chi connectivity index (χ0n) is 13.3. The molecular weight excluding hydrogens is 264 g/mol. The second-order valence-corrected chi connectivity index (χ2v) is 6.70. The minimum absolute atomic E-state index is 0.149. The smallest absolute Gasteiger partial charge is 0.180 e. The average Bonchev–Trinajstić information content (AvgIpc) is 3.18. The Hall–Kier alpha value is -1.47. The van der Waals surface area contributed by atoms with Crippen molar-refractivity contribution in [3.63, 3.8) is 0 Å². The summed E-state index contributed by atoms with van der Waals surface area (Å²) in [6.45, 7) is 4.08. The molecule has 0 N–H and O–H groups in total. The third-order valence-corrected chi connectivity index (χ3v) is 5.78. The Morgan fingerprint density at radius 3 is 2.14 bits per heavy atom. The number of nitrogens with zero attached hydrogens (tertiary/aromatic N) is 1. The van der Waals surface area contributed by atoms with Crippen LogP contribution in [-0.4, -0.2) is 31.3 Å². The van der Waals surface area contributed by atoms with Crippen molar-refractivity contribution >= 4 is 13.9 Å². The third-order valence-electron chi connectivity index (χ3n) is 5.78. The molecular formula is C19H22B2N. The molecule has 0 aliphatic carbocycles. The summed E-state index contributed by atoms with van der Waals surface area (Å²) >= 11 is 0. The number of rotatable bonds is 3. The Morgan fingerprint density at radius 1 is 1.00 bits per heavy atom. The van der Waals surface area contributed by atoms with Crippen molar-refractivity contribution in [2.45, 2.75) is 37.4 Å². The zero-order chi connectivity index (χ0) is 15.0. The van der Waals surface area contributed by atoms with Crippen LogP contribution in [0.15, 0.2) is 60.7 Å². The highest BCUT2D eigenvalue weighted by Crippen LogP contribution is 2.51. The predicted molar refractivity (Wildman–Crippen MR) is 95.6 cm³/mol. The first-order valence-electron chi connectivity index (χ1n) is 8.52. The molecule has 2 fully saturated rings. The SMILES string of the molecule is C[B]B1CC(c2ccccc2)(c2ccccc2)[C@H]2CCCN12. The molecule has 1 radical (unpaired) electrons. The van der Waals surface area contributed by atoms with E-state index < -0.39 is 0 Å². The van der Waals surface area contributed by atoms with E-state index in [1.807, 2.05) is 0 Å². The van der Waals surface area contributed by atoms with Gasteiger partial charge in [-0.05, 0) is 30.5 Å². The molecule has 2 aromatic carbocycles. The lowest BCUT2D eigenvalue weighted by Gasteiger charge is -2.37. The molecule has 4 rings (SSSR count). The lowest BCUT2D eigenvalue weighted by atomic mass is 9.27. The molecule has 109 valence electrons. The summed E-state index contributed by atoms with van der Waals surface area (Å²) in [5.41, 5.74) is 3.13. The molecule has 1 atom stereocenters. The van der Waals surface area contributed by atoms with Crippen LogP contribution in [0.3, 0.4) is 0 Å². The van der Waals surface area contributed by atoms with Crippen molar-refractivity contribution in [1.82, 2.24) is 4.81 Å². The van der Waals surface area contributed by atoms with Gasteiger partial charge < -0.3 is 4.81 Å². The second-order valence-electron chi connectivity index (χ2n) is 6.70. The van der Waals surface area contributed by atoms with Crippen molar-refractivity contribution in [3.05, 3.63) is 71.8 Å². The summed E-state index contributed by atoms with van der Waals surface area (Å²) < 4.78 is 0. The summed E-state index contributed by atoms with van der Waals surface area (Å²) in [6, 6.07) is 23.0. The first kappa shape index (κ1) is 14.1. The monoisotopic (exact) mass is 286 g/mol. The maximum absolute atomic E-state index is 2.75. The molecule has 0 unspecified atom stereocenters. The molecule has 2 aliphatic heterocycles. The van der Waals surface area contributed by atoms with Crippen molar-refractivity contribution in [3.8, 4) is 0 Å². The van der Waals surface area contributed by atoms with Gasteiger partial charge in [-0.3, -0.25) is 0 Å². The van der Waals surface area contributed by atoms with Crippen LogP contribution >= 0.6 is 0 Å². The summed E-state index contributed by atoms with van der Waals surface area (Å²) in [6.07, 6.45) is 3.85. The summed E-state index contributed by atoms with van der Waals surface area (Å²) in [5, 5.41) is 0. The zero-order valence-corrected chi connectivity index (χ0v) is 13.3. The van der Waals surface area contributed by atoms with E-state index >= 15 is 0 Å². The molecule has 2 heterocycles. The number of hydrogen-bond acceptors (Lipinski definition) is 1. The quantitative estimate of drug-likeness (QED) is 0.778. The Labute approximate surface area is 135 Å². The molecule has 2 saturated heterocycles. The molecule has 0 spiro atoms. The molecule has 1 nitrogen and oxygen atoms in total. The molecule has 0 saturated carbocycles. The lowest BCUT2D eigenvalue weighted by molar-refractivity contribution is 0.339. The molecule has 0 aromatic heterocycles. The highest BCUT2D eigenvalue weighted by Gasteiger charge is 2.55. The van der Waals surface area contributed by atoms with Crippen molar-refractivity contribution in [1.29, 1.82) is 0 Å². The van der Waals surface area contributed by atoms with Crippen molar-refractivity contribution in [2.75, 3.05) is 6.54 Å². The van der Waals surface area contributed by atoms with E-state index in [4.69, 9.17) is 0 Å². The maximum atomic E-state index is 2.75. The average molecular weight is 286 g/mol. The van der Waals surface area contributed by atoms with E-state index in [-0.39, 0.29) is 5.41 Å². The van der Waals surface area contributed by atoms with Gasteiger partial charge in [0, 0.05) is 11.5 Å². The highest BCUT2D eigenvalue weighted by molar-refractivity contribution is 7.11. The van der Waals surface area contributed by atoms with Gasteiger partial charge in [0.05, 0.1) is 7.17 Å². The lowest BCUT2D eigenvalue weighted by Crippen LogP contribution is -2.42. The van der Waals surface area contributed by atoms with E-state index in [1.165, 1.54) is 36.8 Å². The second kappa shape index (κ2) is 5.62. The van der Waals surface area contributed by atoms with Gasteiger partial charge in [-0.2, -0.15) is 0 Å². The van der Waals surface area contributed by atoms with E-state index in [0.717, 1.165) is 0 Å². The van der Waals surface area contributed by atoms with Gasteiger partial charge in [-0.1, -0.05) is 73.8 Å². The minimum atomic E-state index is 0.149. The molecule has 22 heavy (non-hydrogen) atoms. The predicted octanol–water partition coefficient (Wildman–Crippen LogP) is 3.69. The van der Waals surface area contributed by atoms with Crippen molar-refractivity contribution in [2.24, 2.45) is 0 Å². The number of benzene rings is 2. The summed E-state index contributed by atoms with van der Waals surface area (Å²) in [4.78, 5) is 2.75. The van der Waals surface area contributed by atoms with Gasteiger partial charge >= 0.3 is 0 Å². The minimum Gasteiger partial charge on any atom is -0.346 e. The standard InChI is InChI=1S/C19H22B2N/c1-20-21-15-19(16-9-4-2-5-10-16,17-11-6-3-7-12-17)18-13-8-14-22(18)21/h2-7,9-12,18H,8,13-15H2,1H3/t18-/m1/s1. The fraction of sp³-hybridized carbons (Fsp3) is 0.368. The van der Waals surface area contributed by atoms with E-state index in [2.05, 4.69) is 79.5 Å². The van der Waals surface area contributed by atoms with Crippen LogP contribution in [-0.2, 0) is 5.41 Å². The summed E-state index contributed by atoms with van der Waals surface area (Å²) in [7, 11) is 2.41. The Morgan fingerprint density at radius 2 is 1.59 bits per heavy atom. The van der Waals surface area contributed by atoms with Gasteiger partial charge in [-0.15, -0.1) is 0 Å². The van der Waals surface area contributed by atoms with Gasteiger partial charge in [0.15, 0.2) is 6.74 Å². The van der Waals surface area contributed by atoms with Gasteiger partial charge in [0.1, 0.15) is 0 Å². The largest absolute Gasteiger partial charge is 0.346 e. The van der Waals surface area contributed by atoms with Gasteiger partial charge in [0.2, 0.25) is 0 Å². The van der Waals surface area contributed by atoms with E-state index in [1.54, 1.807) is 0 Å². The fourth-order valence-corrected chi connectivity index (χ4v) is 4.87. The first-order chi connectivity index (χ1) is 10.9. The van der Waals surface area contributed by atoms with Crippen LogP contribution in [0.2, 0.25) is 13.1 Å². The van der Waals surface area contributed by atoms with Gasteiger partial charge in [0.25, 0.3) is 0 Å².